The molecule has 5 rings (SSSR count). The zero-order valence-corrected chi connectivity index (χ0v) is 18.4. The van der Waals surface area contributed by atoms with Crippen molar-refractivity contribution in [3.63, 3.8) is 0 Å². The molecule has 9 nitrogen and oxygen atoms in total. The first-order valence-electron chi connectivity index (χ1n) is 11.3. The van der Waals surface area contributed by atoms with Crippen LogP contribution in [0, 0.1) is 0 Å². The van der Waals surface area contributed by atoms with E-state index in [1.165, 1.54) is 0 Å². The van der Waals surface area contributed by atoms with Crippen molar-refractivity contribution < 1.29 is 32.6 Å². The minimum atomic E-state index is -4.90. The van der Waals surface area contributed by atoms with E-state index in [9.17, 15) is 18.3 Å². The Balaban J connectivity index is 1.25. The van der Waals surface area contributed by atoms with Crippen LogP contribution < -0.4 is 15.1 Å². The van der Waals surface area contributed by atoms with Gasteiger partial charge in [0, 0.05) is 37.2 Å². The summed E-state index contributed by atoms with van der Waals surface area (Å²) in [6, 6.07) is 3.83. The van der Waals surface area contributed by atoms with Gasteiger partial charge >= 0.3 is 6.18 Å². The minimum Gasteiger partial charge on any atom is -0.488 e. The summed E-state index contributed by atoms with van der Waals surface area (Å²) < 4.78 is 50.5. The molecule has 2 aromatic rings. The molecule has 3 heterocycles. The lowest BCUT2D eigenvalue weighted by molar-refractivity contribution is -0.361. The number of benzene rings is 1. The highest BCUT2D eigenvalue weighted by molar-refractivity contribution is 5.85. The molecule has 3 aliphatic rings. The average molecular weight is 481 g/mol. The van der Waals surface area contributed by atoms with Crippen LogP contribution in [0.15, 0.2) is 29.5 Å². The Morgan fingerprint density at radius 3 is 2.56 bits per heavy atom. The van der Waals surface area contributed by atoms with Crippen molar-refractivity contribution in [2.24, 2.45) is 4.99 Å². The van der Waals surface area contributed by atoms with Crippen molar-refractivity contribution >= 4 is 22.6 Å². The van der Waals surface area contributed by atoms with Crippen molar-refractivity contribution in [2.45, 2.75) is 56.2 Å². The summed E-state index contributed by atoms with van der Waals surface area (Å²) in [7, 11) is 0. The van der Waals surface area contributed by atoms with E-state index in [1.54, 1.807) is 12.4 Å². The standard InChI is InChI=1S/C22H26F3N5O4/c23-22(24,25)21(31)13-19(29-34-21)28-14-1-3-16(4-2-14)33-18-12-15(30-7-9-32-10-8-30)11-17-20(18)27-6-5-26-17/h5-6,11-12,14,16,31H,1-4,7-10,13H2,(H,28,29). The lowest BCUT2D eigenvalue weighted by Crippen LogP contribution is -2.45. The molecule has 0 bridgehead atoms. The van der Waals surface area contributed by atoms with Crippen molar-refractivity contribution in [2.75, 3.05) is 31.2 Å². The van der Waals surface area contributed by atoms with Gasteiger partial charge in [0.05, 0.1) is 37.3 Å². The Morgan fingerprint density at radius 1 is 1.12 bits per heavy atom. The number of halogens is 3. The molecule has 0 amide bonds. The number of nitrogens with one attached hydrogen (secondary N) is 1. The van der Waals surface area contributed by atoms with Gasteiger partial charge in [0.15, 0.2) is 0 Å². The summed E-state index contributed by atoms with van der Waals surface area (Å²) in [6.45, 7) is 2.92. The summed E-state index contributed by atoms with van der Waals surface area (Å²) in [5.74, 6) is -2.56. The topological polar surface area (TPSA) is 101 Å². The average Bonchev–Trinajstić information content (AvgIpc) is 3.22. The molecule has 2 saturated heterocycles. The molecule has 12 heteroatoms. The number of aliphatic imine (C=N–C) groups is 1. The van der Waals surface area contributed by atoms with Gasteiger partial charge in [-0.15, -0.1) is 0 Å². The number of fused-ring (bicyclic) bond motifs is 1. The fourth-order valence-electron chi connectivity index (χ4n) is 4.49. The third-order valence-corrected chi connectivity index (χ3v) is 6.36. The first-order chi connectivity index (χ1) is 16.3. The molecule has 3 fully saturated rings. The summed E-state index contributed by atoms with van der Waals surface area (Å²) in [4.78, 5) is 19.8. The zero-order chi connectivity index (χ0) is 23.8. The Hall–Kier alpha value is -2.70. The largest absolute Gasteiger partial charge is 0.488 e. The minimum absolute atomic E-state index is 0.00340. The van der Waals surface area contributed by atoms with Crippen molar-refractivity contribution in [3.8, 4) is 5.75 Å². The number of rotatable bonds is 4. The highest BCUT2D eigenvalue weighted by Crippen LogP contribution is 2.37. The fraction of sp³-hybridized carbons (Fsp3) is 0.591. The van der Waals surface area contributed by atoms with E-state index in [-0.39, 0.29) is 18.0 Å². The predicted octanol–water partition coefficient (Wildman–Crippen LogP) is 2.73. The maximum absolute atomic E-state index is 12.9. The summed E-state index contributed by atoms with van der Waals surface area (Å²) in [5.41, 5.74) is 4.59. The smallest absolute Gasteiger partial charge is 0.445 e. The first-order valence-corrected chi connectivity index (χ1v) is 11.3. The Kier molecular flexibility index (Phi) is 6.21. The van der Waals surface area contributed by atoms with Gasteiger partial charge < -0.3 is 19.5 Å². The molecule has 184 valence electrons. The van der Waals surface area contributed by atoms with Gasteiger partial charge in [-0.3, -0.25) is 9.98 Å². The van der Waals surface area contributed by atoms with Crippen LogP contribution in [0.1, 0.15) is 32.1 Å². The van der Waals surface area contributed by atoms with Crippen LogP contribution in [0.3, 0.4) is 0 Å². The molecule has 1 saturated carbocycles. The molecule has 1 aromatic carbocycles. The SMILES string of the molecule is OC1(C(F)(F)F)CC(=NC2CCC(Oc3cc(N4CCOCC4)cc4nccnc34)CC2)NO1. The third kappa shape index (κ3) is 4.75. The van der Waals surface area contributed by atoms with E-state index < -0.39 is 18.4 Å². The second-order valence-electron chi connectivity index (χ2n) is 8.75. The molecule has 1 aliphatic carbocycles. The van der Waals surface area contributed by atoms with Crippen LogP contribution in [-0.2, 0) is 9.57 Å². The lowest BCUT2D eigenvalue weighted by atomic mass is 9.93. The molecule has 0 radical (unpaired) electrons. The number of anilines is 1. The maximum Gasteiger partial charge on any atom is 0.445 e. The zero-order valence-electron chi connectivity index (χ0n) is 18.4. The van der Waals surface area contributed by atoms with Crippen LogP contribution in [0.25, 0.3) is 11.0 Å². The second-order valence-corrected chi connectivity index (χ2v) is 8.75. The van der Waals surface area contributed by atoms with E-state index in [0.29, 0.717) is 50.2 Å². The molecular weight excluding hydrogens is 455 g/mol. The number of nitrogens with zero attached hydrogens (tertiary/aromatic N) is 4. The van der Waals surface area contributed by atoms with Crippen molar-refractivity contribution in [1.82, 2.24) is 15.4 Å². The molecule has 2 N–H and O–H groups in total. The van der Waals surface area contributed by atoms with E-state index in [0.717, 1.165) is 24.3 Å². The fourth-order valence-corrected chi connectivity index (χ4v) is 4.49. The molecule has 1 atom stereocenters. The summed E-state index contributed by atoms with van der Waals surface area (Å²) in [5, 5.41) is 9.61. The van der Waals surface area contributed by atoms with Gasteiger partial charge in [0.25, 0.3) is 5.79 Å². The van der Waals surface area contributed by atoms with Gasteiger partial charge in [-0.05, 0) is 31.7 Å². The van der Waals surface area contributed by atoms with E-state index in [2.05, 4.69) is 30.2 Å². The Morgan fingerprint density at radius 2 is 1.85 bits per heavy atom. The Bertz CT molecular complexity index is 1050. The number of amidine groups is 1. The number of ether oxygens (including phenoxy) is 2. The van der Waals surface area contributed by atoms with E-state index >= 15 is 0 Å². The number of aromatic nitrogens is 2. The van der Waals surface area contributed by atoms with Crippen LogP contribution in [0.2, 0.25) is 0 Å². The van der Waals surface area contributed by atoms with Crippen LogP contribution in [-0.4, -0.2) is 71.3 Å². The van der Waals surface area contributed by atoms with Gasteiger partial charge in [0.1, 0.15) is 17.1 Å². The van der Waals surface area contributed by atoms with Gasteiger partial charge in [-0.1, -0.05) is 0 Å². The van der Waals surface area contributed by atoms with E-state index in [4.69, 9.17) is 9.47 Å². The molecule has 1 unspecified atom stereocenters. The van der Waals surface area contributed by atoms with Crippen LogP contribution in [0.5, 0.6) is 5.75 Å². The molecule has 0 spiro atoms. The third-order valence-electron chi connectivity index (χ3n) is 6.36. The predicted molar refractivity (Wildman–Crippen MR) is 117 cm³/mol. The van der Waals surface area contributed by atoms with Crippen molar-refractivity contribution in [3.05, 3.63) is 24.5 Å². The molecule has 34 heavy (non-hydrogen) atoms. The van der Waals surface area contributed by atoms with Crippen LogP contribution >= 0.6 is 0 Å². The second kappa shape index (κ2) is 9.16. The lowest BCUT2D eigenvalue weighted by Gasteiger charge is -2.30. The highest BCUT2D eigenvalue weighted by Gasteiger charge is 2.60. The van der Waals surface area contributed by atoms with Gasteiger partial charge in [-0.2, -0.15) is 13.2 Å². The quantitative estimate of drug-likeness (QED) is 0.688. The number of morpholine rings is 1. The van der Waals surface area contributed by atoms with E-state index in [1.807, 2.05) is 12.1 Å². The van der Waals surface area contributed by atoms with Gasteiger partial charge in [0.2, 0.25) is 0 Å². The number of hydrogen-bond donors (Lipinski definition) is 2. The van der Waals surface area contributed by atoms with Crippen molar-refractivity contribution in [1.29, 1.82) is 0 Å². The summed E-state index contributed by atoms with van der Waals surface area (Å²) >= 11 is 0. The number of hydroxylamine groups is 1. The molecular formula is C22H26F3N5O4. The number of hydrogen-bond acceptors (Lipinski definition) is 8. The normalized spacial score (nSPS) is 29.4. The first kappa shape index (κ1) is 23.1. The highest BCUT2D eigenvalue weighted by atomic mass is 19.4. The maximum atomic E-state index is 12.9. The van der Waals surface area contributed by atoms with Gasteiger partial charge in [-0.25, -0.2) is 15.3 Å². The number of alkyl halides is 3. The Labute approximate surface area is 193 Å². The monoisotopic (exact) mass is 481 g/mol. The summed E-state index contributed by atoms with van der Waals surface area (Å²) in [6.07, 6.45) is 0.248. The molecule has 2 aliphatic heterocycles. The van der Waals surface area contributed by atoms with Crippen LogP contribution in [0.4, 0.5) is 18.9 Å². The molecule has 1 aromatic heterocycles. The number of aliphatic hydroxyl groups is 1.